The third-order valence-electron chi connectivity index (χ3n) is 7.17. The zero-order valence-corrected chi connectivity index (χ0v) is 22.5. The van der Waals surface area contributed by atoms with Crippen molar-refractivity contribution in [3.05, 3.63) is 52.5 Å². The van der Waals surface area contributed by atoms with Gasteiger partial charge in [-0.25, -0.2) is 15.0 Å². The van der Waals surface area contributed by atoms with E-state index in [1.807, 2.05) is 29.0 Å². The minimum Gasteiger partial charge on any atom is -0.480 e. The lowest BCUT2D eigenvalue weighted by Gasteiger charge is -2.19. The van der Waals surface area contributed by atoms with Crippen molar-refractivity contribution in [2.24, 2.45) is 5.92 Å². The Kier molecular flexibility index (Phi) is 6.69. The van der Waals surface area contributed by atoms with Crippen molar-refractivity contribution in [2.45, 2.75) is 62.9 Å². The average Bonchev–Trinajstić information content (AvgIpc) is 3.85. The number of pyridine rings is 1. The van der Waals surface area contributed by atoms with Crippen LogP contribution in [0.3, 0.4) is 0 Å². The standard InChI is InChI=1S/C27H30N8O2S/c1-4-38-19-10-9-18(28-13-19)12-29-25-27(36)35(15(2)16-5-6-16)21-11-20(33-34-24(21)32-25)22-23(17-7-8-17)30-14-31-26(22)37-3/h9-11,13-17H,4-8,12H2,1-3H3,(H,29,32,34)/t15-/m0/s1. The van der Waals surface area contributed by atoms with Crippen molar-refractivity contribution in [3.63, 3.8) is 0 Å². The number of ether oxygens (including phenoxy) is 1. The van der Waals surface area contributed by atoms with Crippen molar-refractivity contribution in [3.8, 4) is 17.1 Å². The topological polar surface area (TPSA) is 121 Å². The van der Waals surface area contributed by atoms with Gasteiger partial charge in [0, 0.05) is 23.1 Å². The summed E-state index contributed by atoms with van der Waals surface area (Å²) in [7, 11) is 1.59. The normalized spacial score (nSPS) is 16.0. The van der Waals surface area contributed by atoms with E-state index in [1.54, 1.807) is 18.9 Å². The molecule has 4 aromatic rings. The van der Waals surface area contributed by atoms with Crippen molar-refractivity contribution < 1.29 is 4.74 Å². The van der Waals surface area contributed by atoms with Crippen LogP contribution in [0.4, 0.5) is 5.82 Å². The van der Waals surface area contributed by atoms with Gasteiger partial charge in [-0.1, -0.05) is 6.92 Å². The Bertz CT molecular complexity index is 1530. The molecule has 0 aromatic carbocycles. The number of anilines is 1. The van der Waals surface area contributed by atoms with Crippen LogP contribution in [-0.4, -0.2) is 47.6 Å². The number of nitrogens with one attached hydrogen (secondary N) is 1. The maximum absolute atomic E-state index is 13.8. The number of hydrogen-bond acceptors (Lipinski definition) is 10. The number of thioether (sulfide) groups is 1. The van der Waals surface area contributed by atoms with Gasteiger partial charge in [-0.15, -0.1) is 22.0 Å². The second kappa shape index (κ2) is 10.3. The molecular formula is C27H30N8O2S. The fraction of sp³-hybridized carbons (Fsp3) is 0.444. The lowest BCUT2D eigenvalue weighted by atomic mass is 10.1. The van der Waals surface area contributed by atoms with E-state index in [9.17, 15) is 4.79 Å². The predicted molar refractivity (Wildman–Crippen MR) is 147 cm³/mol. The van der Waals surface area contributed by atoms with Gasteiger partial charge in [0.1, 0.15) is 12.0 Å². The lowest BCUT2D eigenvalue weighted by molar-refractivity contribution is 0.397. The molecule has 0 amide bonds. The maximum atomic E-state index is 13.8. The summed E-state index contributed by atoms with van der Waals surface area (Å²) in [6.45, 7) is 4.59. The Balaban J connectivity index is 1.41. The number of fused-ring (bicyclic) bond motifs is 1. The van der Waals surface area contributed by atoms with Gasteiger partial charge in [0.15, 0.2) is 5.82 Å². The minimum absolute atomic E-state index is 0.00546. The minimum atomic E-state index is -0.173. The van der Waals surface area contributed by atoms with Crippen LogP contribution in [0.1, 0.15) is 62.9 Å². The van der Waals surface area contributed by atoms with Crippen LogP contribution in [0.5, 0.6) is 5.88 Å². The molecule has 0 spiro atoms. The van der Waals surface area contributed by atoms with E-state index in [-0.39, 0.29) is 17.4 Å². The van der Waals surface area contributed by atoms with Crippen LogP contribution < -0.4 is 15.6 Å². The Morgan fingerprint density at radius 3 is 2.68 bits per heavy atom. The van der Waals surface area contributed by atoms with E-state index in [2.05, 4.69) is 49.3 Å². The zero-order valence-electron chi connectivity index (χ0n) is 21.7. The second-order valence-electron chi connectivity index (χ2n) is 9.84. The molecule has 2 fully saturated rings. The zero-order chi connectivity index (χ0) is 26.2. The molecule has 0 saturated heterocycles. The average molecular weight is 531 g/mol. The molecule has 11 heteroatoms. The summed E-state index contributed by atoms with van der Waals surface area (Å²) >= 11 is 1.74. The summed E-state index contributed by atoms with van der Waals surface area (Å²) in [5.74, 6) is 2.51. The molecule has 0 unspecified atom stereocenters. The highest BCUT2D eigenvalue weighted by Crippen LogP contribution is 2.45. The molecule has 4 heterocycles. The summed E-state index contributed by atoms with van der Waals surface area (Å²) < 4.78 is 7.40. The lowest BCUT2D eigenvalue weighted by Crippen LogP contribution is -2.29. The fourth-order valence-electron chi connectivity index (χ4n) is 4.83. The van der Waals surface area contributed by atoms with Crippen LogP contribution in [0.15, 0.2) is 40.4 Å². The monoisotopic (exact) mass is 530 g/mol. The van der Waals surface area contributed by atoms with Crippen molar-refractivity contribution in [1.29, 1.82) is 0 Å². The fourth-order valence-corrected chi connectivity index (χ4v) is 5.45. The quantitative estimate of drug-likeness (QED) is 0.291. The predicted octanol–water partition coefficient (Wildman–Crippen LogP) is 4.62. The van der Waals surface area contributed by atoms with E-state index in [0.29, 0.717) is 41.1 Å². The van der Waals surface area contributed by atoms with Crippen LogP contribution >= 0.6 is 11.8 Å². The third kappa shape index (κ3) is 4.82. The Hall–Kier alpha value is -3.60. The molecule has 6 rings (SSSR count). The van der Waals surface area contributed by atoms with Crippen LogP contribution in [0.25, 0.3) is 22.4 Å². The Labute approximate surface area is 224 Å². The second-order valence-corrected chi connectivity index (χ2v) is 11.2. The van der Waals surface area contributed by atoms with Crippen molar-refractivity contribution >= 4 is 28.7 Å². The maximum Gasteiger partial charge on any atom is 0.294 e. The van der Waals surface area contributed by atoms with Crippen molar-refractivity contribution in [1.82, 2.24) is 34.7 Å². The van der Waals surface area contributed by atoms with Gasteiger partial charge in [-0.2, -0.15) is 0 Å². The van der Waals surface area contributed by atoms with Gasteiger partial charge >= 0.3 is 0 Å². The number of hydrogen-bond donors (Lipinski definition) is 1. The highest BCUT2D eigenvalue weighted by Gasteiger charge is 2.33. The summed E-state index contributed by atoms with van der Waals surface area (Å²) in [5.41, 5.74) is 3.96. The molecule has 1 N–H and O–H groups in total. The first-order chi connectivity index (χ1) is 18.6. The van der Waals surface area contributed by atoms with Gasteiger partial charge in [0.2, 0.25) is 11.5 Å². The van der Waals surface area contributed by atoms with Crippen LogP contribution in [-0.2, 0) is 6.54 Å². The van der Waals surface area contributed by atoms with E-state index < -0.39 is 0 Å². The molecule has 2 aliphatic carbocycles. The molecule has 38 heavy (non-hydrogen) atoms. The van der Waals surface area contributed by atoms with Gasteiger partial charge in [-0.05, 0) is 62.5 Å². The van der Waals surface area contributed by atoms with E-state index >= 15 is 0 Å². The molecule has 0 bridgehead atoms. The molecule has 0 radical (unpaired) electrons. The Morgan fingerprint density at radius 2 is 2.00 bits per heavy atom. The summed E-state index contributed by atoms with van der Waals surface area (Å²) in [6, 6.07) is 5.91. The van der Waals surface area contributed by atoms with E-state index in [1.165, 1.54) is 6.33 Å². The first kappa shape index (κ1) is 24.7. The van der Waals surface area contributed by atoms with Crippen LogP contribution in [0.2, 0.25) is 0 Å². The van der Waals surface area contributed by atoms with Crippen LogP contribution in [0, 0.1) is 5.92 Å². The molecule has 2 aliphatic rings. The summed E-state index contributed by atoms with van der Waals surface area (Å²) in [4.78, 5) is 32.9. The van der Waals surface area contributed by atoms with Gasteiger partial charge < -0.3 is 10.1 Å². The largest absolute Gasteiger partial charge is 0.480 e. The molecule has 196 valence electrons. The molecule has 2 saturated carbocycles. The van der Waals surface area contributed by atoms with Gasteiger partial charge in [-0.3, -0.25) is 14.3 Å². The number of methoxy groups -OCH3 is 1. The molecular weight excluding hydrogens is 500 g/mol. The van der Waals surface area contributed by atoms with Gasteiger partial charge in [0.05, 0.1) is 36.1 Å². The number of aromatic nitrogens is 7. The SMILES string of the molecule is CCSc1ccc(CNc2nc3nnc(-c4c(OC)ncnc4C4CC4)cc3n([C@@H](C)C3CC3)c2=O)nc1. The highest BCUT2D eigenvalue weighted by molar-refractivity contribution is 7.99. The molecule has 4 aromatic heterocycles. The molecule has 1 atom stereocenters. The van der Waals surface area contributed by atoms with E-state index in [4.69, 9.17) is 4.74 Å². The Morgan fingerprint density at radius 1 is 1.16 bits per heavy atom. The highest BCUT2D eigenvalue weighted by atomic mass is 32.2. The number of rotatable bonds is 10. The molecule has 0 aliphatic heterocycles. The third-order valence-corrected chi connectivity index (χ3v) is 8.03. The first-order valence-electron chi connectivity index (χ1n) is 13.1. The summed E-state index contributed by atoms with van der Waals surface area (Å²) in [5, 5.41) is 12.2. The summed E-state index contributed by atoms with van der Waals surface area (Å²) in [6.07, 6.45) is 7.73. The van der Waals surface area contributed by atoms with E-state index in [0.717, 1.165) is 53.3 Å². The van der Waals surface area contributed by atoms with Gasteiger partial charge in [0.25, 0.3) is 5.56 Å². The smallest absolute Gasteiger partial charge is 0.294 e. The van der Waals surface area contributed by atoms with Crippen molar-refractivity contribution in [2.75, 3.05) is 18.2 Å². The molecule has 10 nitrogen and oxygen atoms in total. The first-order valence-corrected chi connectivity index (χ1v) is 14.1. The number of nitrogens with zero attached hydrogens (tertiary/aromatic N) is 7.